The van der Waals surface area contributed by atoms with E-state index in [-0.39, 0.29) is 0 Å². The Labute approximate surface area is 119 Å². The monoisotopic (exact) mass is 262 g/mol. The van der Waals surface area contributed by atoms with E-state index in [2.05, 4.69) is 87.6 Å². The van der Waals surface area contributed by atoms with E-state index in [1.807, 2.05) is 6.07 Å². The largest absolute Gasteiger partial charge is 0.254 e. The lowest BCUT2D eigenvalue weighted by Crippen LogP contribution is -2.35. The summed E-state index contributed by atoms with van der Waals surface area (Å²) < 4.78 is 4.36. The van der Waals surface area contributed by atoms with E-state index in [4.69, 9.17) is 0 Å². The zero-order valence-corrected chi connectivity index (χ0v) is 13.4. The Morgan fingerprint density at radius 3 is 2.00 bits per heavy atom. The minimum atomic E-state index is 0.395. The third-order valence-electron chi connectivity index (χ3n) is 2.45. The standard InChI is InChI=1S/C11H14N2.2C3H8/c1-12-8-4-3-6-10(12)11-7-5-9-13(11)2;2*1-3-2/h3-9,11H,1-2H3;2*3H2,1-2H3/q+2;;. The van der Waals surface area contributed by atoms with Crippen molar-refractivity contribution in [1.82, 2.24) is 0 Å². The molecule has 1 atom stereocenters. The molecule has 0 aliphatic carbocycles. The van der Waals surface area contributed by atoms with Crippen LogP contribution < -0.4 is 4.57 Å². The third kappa shape index (κ3) is 6.32. The number of aryl methyl sites for hydroxylation is 1. The molecule has 106 valence electrons. The molecule has 0 radical (unpaired) electrons. The fraction of sp³-hybridized carbons (Fsp3) is 0.529. The van der Waals surface area contributed by atoms with Crippen LogP contribution in [0, 0.1) is 0 Å². The highest BCUT2D eigenvalue weighted by molar-refractivity contribution is 5.68. The van der Waals surface area contributed by atoms with Gasteiger partial charge in [0.05, 0.1) is 0 Å². The molecule has 0 amide bonds. The summed E-state index contributed by atoms with van der Waals surface area (Å²) >= 11 is 0. The quantitative estimate of drug-likeness (QED) is 0.682. The van der Waals surface area contributed by atoms with Gasteiger partial charge in [-0.2, -0.15) is 4.57 Å². The molecule has 0 fully saturated rings. The summed E-state index contributed by atoms with van der Waals surface area (Å²) in [6.45, 7) is 8.50. The van der Waals surface area contributed by atoms with Gasteiger partial charge in [0.1, 0.15) is 14.1 Å². The Bertz CT molecular complexity index is 403. The van der Waals surface area contributed by atoms with Crippen LogP contribution in [0.3, 0.4) is 0 Å². The van der Waals surface area contributed by atoms with Crippen molar-refractivity contribution in [3.05, 3.63) is 42.2 Å². The van der Waals surface area contributed by atoms with E-state index in [1.54, 1.807) is 0 Å². The van der Waals surface area contributed by atoms with Crippen LogP contribution in [0.1, 0.15) is 52.3 Å². The first-order chi connectivity index (χ1) is 9.12. The normalized spacial score (nSPS) is 15.9. The minimum Gasteiger partial charge on any atom is -0.222 e. The van der Waals surface area contributed by atoms with Gasteiger partial charge in [-0.1, -0.05) is 40.5 Å². The van der Waals surface area contributed by atoms with Gasteiger partial charge in [-0.05, 0) is 12.1 Å². The van der Waals surface area contributed by atoms with Gasteiger partial charge in [-0.3, -0.25) is 0 Å². The van der Waals surface area contributed by atoms with Crippen LogP contribution in [0.4, 0.5) is 0 Å². The molecule has 0 N–H and O–H groups in total. The molecule has 0 saturated carbocycles. The average molecular weight is 262 g/mol. The molecule has 1 aliphatic rings. The molecule has 0 bridgehead atoms. The number of hydrogen-bond donors (Lipinski definition) is 0. The van der Waals surface area contributed by atoms with Gasteiger partial charge < -0.3 is 0 Å². The summed E-state index contributed by atoms with van der Waals surface area (Å²) in [7, 11) is 4.17. The van der Waals surface area contributed by atoms with Gasteiger partial charge in [0, 0.05) is 18.2 Å². The molecule has 2 rings (SSSR count). The molecule has 1 aromatic heterocycles. The molecule has 2 nitrogen and oxygen atoms in total. The maximum absolute atomic E-state index is 2.20. The molecule has 1 aliphatic heterocycles. The lowest BCUT2D eigenvalue weighted by Gasteiger charge is -2.02. The lowest BCUT2D eigenvalue weighted by molar-refractivity contribution is -0.697. The first kappa shape index (κ1) is 17.6. The van der Waals surface area contributed by atoms with Crippen LogP contribution in [-0.2, 0) is 7.05 Å². The summed E-state index contributed by atoms with van der Waals surface area (Å²) in [5.74, 6) is 0. The third-order valence-corrected chi connectivity index (χ3v) is 2.45. The van der Waals surface area contributed by atoms with Gasteiger partial charge in [0.15, 0.2) is 12.4 Å². The molecular formula is C17H30N2+2. The Morgan fingerprint density at radius 2 is 1.58 bits per heavy atom. The molecule has 1 aromatic rings. The first-order valence-corrected chi connectivity index (χ1v) is 7.30. The van der Waals surface area contributed by atoms with E-state index in [0.29, 0.717) is 6.04 Å². The van der Waals surface area contributed by atoms with Crippen LogP contribution in [0.5, 0.6) is 0 Å². The van der Waals surface area contributed by atoms with E-state index in [0.717, 1.165) is 0 Å². The second kappa shape index (κ2) is 10.5. The van der Waals surface area contributed by atoms with Gasteiger partial charge in [0.2, 0.25) is 0 Å². The van der Waals surface area contributed by atoms with Crippen LogP contribution in [0.25, 0.3) is 0 Å². The topological polar surface area (TPSA) is 6.89 Å². The van der Waals surface area contributed by atoms with Gasteiger partial charge >= 0.3 is 0 Å². The van der Waals surface area contributed by atoms with E-state index in [1.165, 1.54) is 18.5 Å². The molecule has 19 heavy (non-hydrogen) atoms. The Hall–Kier alpha value is -1.44. The number of allylic oxidation sites excluding steroid dienone is 1. The van der Waals surface area contributed by atoms with Crippen LogP contribution in [0.15, 0.2) is 36.5 Å². The Balaban J connectivity index is 0.000000465. The maximum Gasteiger partial charge on any atom is 0.254 e. The first-order valence-electron chi connectivity index (χ1n) is 7.30. The molecule has 0 spiro atoms. The summed E-state index contributed by atoms with van der Waals surface area (Å²) in [6, 6.07) is 6.68. The van der Waals surface area contributed by atoms with Crippen LogP contribution >= 0.6 is 0 Å². The fourth-order valence-corrected chi connectivity index (χ4v) is 1.67. The SMILES string of the molecule is CCC.CCC.C[N+]1=CC=CC1c1cccc[n+]1C. The Morgan fingerprint density at radius 1 is 1.00 bits per heavy atom. The van der Waals surface area contributed by atoms with E-state index >= 15 is 0 Å². The van der Waals surface area contributed by atoms with Crippen molar-refractivity contribution in [1.29, 1.82) is 0 Å². The van der Waals surface area contributed by atoms with Gasteiger partial charge in [0.25, 0.3) is 11.7 Å². The zero-order chi connectivity index (χ0) is 14.7. The molecule has 0 aromatic carbocycles. The highest BCUT2D eigenvalue weighted by Crippen LogP contribution is 2.15. The molecule has 1 unspecified atom stereocenters. The smallest absolute Gasteiger partial charge is 0.222 e. The second-order valence-corrected chi connectivity index (χ2v) is 4.79. The van der Waals surface area contributed by atoms with E-state index in [9.17, 15) is 0 Å². The number of likely N-dealkylation sites (N-methyl/N-ethyl adjacent to an activating group) is 1. The summed E-state index contributed by atoms with van der Waals surface area (Å²) in [6.07, 6.45) is 11.0. The number of hydrogen-bond acceptors (Lipinski definition) is 0. The average Bonchev–Trinajstić information content (AvgIpc) is 2.78. The van der Waals surface area contributed by atoms with Crippen molar-refractivity contribution in [3.63, 3.8) is 0 Å². The predicted molar refractivity (Wildman–Crippen MR) is 83.7 cm³/mol. The van der Waals surface area contributed by atoms with Gasteiger partial charge in [-0.25, -0.2) is 4.58 Å². The summed E-state index contributed by atoms with van der Waals surface area (Å²) in [4.78, 5) is 0. The number of rotatable bonds is 1. The Kier molecular flexibility index (Phi) is 9.69. The van der Waals surface area contributed by atoms with Crippen molar-refractivity contribution in [3.8, 4) is 0 Å². The summed E-state index contributed by atoms with van der Waals surface area (Å²) in [5, 5.41) is 0. The summed E-state index contributed by atoms with van der Waals surface area (Å²) in [5.41, 5.74) is 1.31. The number of nitrogens with zero attached hydrogens (tertiary/aromatic N) is 2. The minimum absolute atomic E-state index is 0.395. The number of aromatic nitrogens is 1. The molecule has 0 saturated heterocycles. The predicted octanol–water partition coefficient (Wildman–Crippen LogP) is 3.67. The van der Waals surface area contributed by atoms with E-state index < -0.39 is 0 Å². The lowest BCUT2D eigenvalue weighted by atomic mass is 10.2. The fourth-order valence-electron chi connectivity index (χ4n) is 1.67. The van der Waals surface area contributed by atoms with Crippen LogP contribution in [0.2, 0.25) is 0 Å². The molecule has 2 heteroatoms. The van der Waals surface area contributed by atoms with Crippen LogP contribution in [-0.4, -0.2) is 17.8 Å². The zero-order valence-electron chi connectivity index (χ0n) is 13.4. The van der Waals surface area contributed by atoms with Crippen molar-refractivity contribution in [2.45, 2.75) is 46.6 Å². The second-order valence-electron chi connectivity index (χ2n) is 4.79. The van der Waals surface area contributed by atoms with Crippen molar-refractivity contribution in [2.75, 3.05) is 7.05 Å². The maximum atomic E-state index is 2.20. The van der Waals surface area contributed by atoms with Crippen molar-refractivity contribution < 1.29 is 9.14 Å². The highest BCUT2D eigenvalue weighted by atomic mass is 15.1. The van der Waals surface area contributed by atoms with Crippen molar-refractivity contribution >= 4 is 6.21 Å². The molecular weight excluding hydrogens is 232 g/mol. The van der Waals surface area contributed by atoms with Crippen molar-refractivity contribution in [2.24, 2.45) is 7.05 Å². The highest BCUT2D eigenvalue weighted by Gasteiger charge is 2.26. The number of pyridine rings is 1. The molecule has 2 heterocycles. The van der Waals surface area contributed by atoms with Gasteiger partial charge in [-0.15, -0.1) is 0 Å².